The molecule has 1 aliphatic heterocycles. The van der Waals surface area contributed by atoms with Gasteiger partial charge in [-0.3, -0.25) is 9.69 Å². The summed E-state index contributed by atoms with van der Waals surface area (Å²) in [6.07, 6.45) is -4.79. The topological polar surface area (TPSA) is 61.8 Å². The summed E-state index contributed by atoms with van der Waals surface area (Å²) in [5.74, 6) is -1.61. The lowest BCUT2D eigenvalue weighted by atomic mass is 9.74. The number of hydrogen-bond acceptors (Lipinski definition) is 4. The lowest BCUT2D eigenvalue weighted by Gasteiger charge is -2.49. The number of nitrogens with zero attached hydrogens (tertiary/aromatic N) is 1. The Labute approximate surface area is 167 Å². The second-order valence-electron chi connectivity index (χ2n) is 7.31. The molecule has 2 aromatic rings. The van der Waals surface area contributed by atoms with Crippen LogP contribution in [0, 0.1) is 0 Å². The van der Waals surface area contributed by atoms with Crippen LogP contribution in [0.1, 0.15) is 24.0 Å². The number of aliphatic carboxylic acids is 1. The molecule has 2 aromatic carbocycles. The van der Waals surface area contributed by atoms with Crippen LogP contribution in [0.3, 0.4) is 0 Å². The summed E-state index contributed by atoms with van der Waals surface area (Å²) < 4.78 is 42.3. The Morgan fingerprint density at radius 1 is 1.21 bits per heavy atom. The van der Waals surface area contributed by atoms with Gasteiger partial charge in [0.2, 0.25) is 0 Å². The smallest absolute Gasteiger partial charge is 0.480 e. The molecular formula is C21H23F3N2O3. The molecule has 0 radical (unpaired) electrons. The molecule has 0 saturated carbocycles. The average molecular weight is 408 g/mol. The first kappa shape index (κ1) is 21.1. The van der Waals surface area contributed by atoms with Gasteiger partial charge in [0.05, 0.1) is 6.54 Å². The van der Waals surface area contributed by atoms with Crippen molar-refractivity contribution in [1.82, 2.24) is 10.2 Å². The number of ether oxygens (including phenoxy) is 1. The molecule has 3 rings (SSSR count). The van der Waals surface area contributed by atoms with Gasteiger partial charge in [-0.25, -0.2) is 0 Å². The highest BCUT2D eigenvalue weighted by Crippen LogP contribution is 2.41. The van der Waals surface area contributed by atoms with Crippen molar-refractivity contribution in [2.24, 2.45) is 0 Å². The molecule has 156 valence electrons. The fourth-order valence-electron chi connectivity index (χ4n) is 4.08. The van der Waals surface area contributed by atoms with E-state index in [1.54, 1.807) is 6.07 Å². The van der Waals surface area contributed by atoms with E-state index in [-0.39, 0.29) is 18.2 Å². The number of piperazine rings is 1. The van der Waals surface area contributed by atoms with Gasteiger partial charge in [0.1, 0.15) is 5.75 Å². The van der Waals surface area contributed by atoms with Crippen LogP contribution in [0.15, 0.2) is 54.6 Å². The zero-order chi connectivity index (χ0) is 21.1. The van der Waals surface area contributed by atoms with Crippen molar-refractivity contribution in [3.05, 3.63) is 65.7 Å². The molecule has 2 atom stereocenters. The van der Waals surface area contributed by atoms with Gasteiger partial charge in [0.25, 0.3) is 0 Å². The summed E-state index contributed by atoms with van der Waals surface area (Å²) in [7, 11) is 0. The Morgan fingerprint density at radius 2 is 1.90 bits per heavy atom. The number of rotatable bonds is 6. The molecule has 1 saturated heterocycles. The molecule has 2 N–H and O–H groups in total. The van der Waals surface area contributed by atoms with Crippen molar-refractivity contribution in [1.29, 1.82) is 0 Å². The molecule has 0 amide bonds. The van der Waals surface area contributed by atoms with Gasteiger partial charge >= 0.3 is 12.3 Å². The Kier molecular flexibility index (Phi) is 6.14. The highest BCUT2D eigenvalue weighted by molar-refractivity contribution is 5.69. The second kappa shape index (κ2) is 8.42. The first-order valence-corrected chi connectivity index (χ1v) is 9.27. The van der Waals surface area contributed by atoms with E-state index in [4.69, 9.17) is 0 Å². The molecule has 1 aliphatic rings. The third-order valence-electron chi connectivity index (χ3n) is 5.27. The monoisotopic (exact) mass is 408 g/mol. The molecule has 5 nitrogen and oxygen atoms in total. The van der Waals surface area contributed by atoms with E-state index in [2.05, 4.69) is 10.1 Å². The van der Waals surface area contributed by atoms with E-state index in [1.165, 1.54) is 18.2 Å². The van der Waals surface area contributed by atoms with Crippen LogP contribution in [0.4, 0.5) is 13.2 Å². The molecule has 0 aliphatic carbocycles. The number of alkyl halides is 3. The number of carboxylic acids is 1. The predicted octanol–water partition coefficient (Wildman–Crippen LogP) is 3.47. The summed E-state index contributed by atoms with van der Waals surface area (Å²) in [6, 6.07) is 15.3. The summed E-state index contributed by atoms with van der Waals surface area (Å²) in [5, 5.41) is 12.7. The molecule has 8 heteroatoms. The fraction of sp³-hybridized carbons (Fsp3) is 0.381. The average Bonchev–Trinajstić information content (AvgIpc) is 2.63. The van der Waals surface area contributed by atoms with Crippen LogP contribution in [-0.2, 0) is 4.79 Å². The summed E-state index contributed by atoms with van der Waals surface area (Å²) in [5.41, 5.74) is 0.840. The molecule has 0 aromatic heterocycles. The number of carboxylic acid groups (broad SMARTS) is 1. The van der Waals surface area contributed by atoms with Crippen LogP contribution < -0.4 is 10.1 Å². The van der Waals surface area contributed by atoms with Gasteiger partial charge in [0, 0.05) is 31.1 Å². The van der Waals surface area contributed by atoms with Crippen molar-refractivity contribution in [2.45, 2.75) is 24.7 Å². The number of hydrogen-bond donors (Lipinski definition) is 2. The fourth-order valence-corrected chi connectivity index (χ4v) is 4.08. The number of halogens is 3. The quantitative estimate of drug-likeness (QED) is 0.767. The van der Waals surface area contributed by atoms with E-state index in [9.17, 15) is 23.1 Å². The Balaban J connectivity index is 2.08. The minimum absolute atomic E-state index is 0.153. The highest BCUT2D eigenvalue weighted by Gasteiger charge is 2.44. The zero-order valence-corrected chi connectivity index (χ0v) is 15.9. The van der Waals surface area contributed by atoms with Crippen molar-refractivity contribution >= 4 is 5.97 Å². The van der Waals surface area contributed by atoms with Crippen molar-refractivity contribution in [3.8, 4) is 5.75 Å². The van der Waals surface area contributed by atoms with Crippen molar-refractivity contribution in [3.63, 3.8) is 0 Å². The van der Waals surface area contributed by atoms with Gasteiger partial charge in [-0.1, -0.05) is 42.5 Å². The minimum atomic E-state index is -4.79. The van der Waals surface area contributed by atoms with Crippen LogP contribution >= 0.6 is 0 Å². The van der Waals surface area contributed by atoms with E-state index >= 15 is 0 Å². The molecule has 1 fully saturated rings. The number of carbonyl (C=O) groups is 1. The SMILES string of the molecule is C[C@@]1([C@@H](c2ccccc2)c2cccc(OC(F)(F)F)c2)CNCCN1CC(=O)O. The molecule has 0 unspecified atom stereocenters. The first-order chi connectivity index (χ1) is 13.7. The molecule has 1 heterocycles. The van der Waals surface area contributed by atoms with Gasteiger partial charge < -0.3 is 15.2 Å². The summed E-state index contributed by atoms with van der Waals surface area (Å²) in [6.45, 7) is 3.44. The molecule has 0 bridgehead atoms. The summed E-state index contributed by atoms with van der Waals surface area (Å²) in [4.78, 5) is 13.3. The lowest BCUT2D eigenvalue weighted by Crippen LogP contribution is -2.63. The van der Waals surface area contributed by atoms with Crippen LogP contribution in [-0.4, -0.2) is 54.1 Å². The standard InChI is InChI=1S/C21H23F3N2O3/c1-20(14-25-10-11-26(20)13-18(27)28)19(15-6-3-2-4-7-15)16-8-5-9-17(12-16)29-21(22,23)24/h2-9,12,19,25H,10-11,13-14H2,1H3,(H,27,28)/t19-,20-/m0/s1. The third kappa shape index (κ3) is 5.07. The Morgan fingerprint density at radius 3 is 2.55 bits per heavy atom. The Bertz CT molecular complexity index is 845. The molecule has 29 heavy (non-hydrogen) atoms. The van der Waals surface area contributed by atoms with Crippen LogP contribution in [0.5, 0.6) is 5.75 Å². The highest BCUT2D eigenvalue weighted by atomic mass is 19.4. The van der Waals surface area contributed by atoms with E-state index in [0.717, 1.165) is 5.56 Å². The van der Waals surface area contributed by atoms with Gasteiger partial charge in [-0.2, -0.15) is 0 Å². The van der Waals surface area contributed by atoms with Gasteiger partial charge in [-0.05, 0) is 30.2 Å². The normalized spacial score (nSPS) is 21.5. The maximum atomic E-state index is 12.7. The van der Waals surface area contributed by atoms with E-state index in [1.807, 2.05) is 42.2 Å². The Hall–Kier alpha value is -2.58. The number of benzene rings is 2. The maximum absolute atomic E-state index is 12.7. The van der Waals surface area contributed by atoms with E-state index in [0.29, 0.717) is 25.2 Å². The second-order valence-corrected chi connectivity index (χ2v) is 7.31. The van der Waals surface area contributed by atoms with Crippen molar-refractivity contribution in [2.75, 3.05) is 26.2 Å². The first-order valence-electron chi connectivity index (χ1n) is 9.27. The van der Waals surface area contributed by atoms with Crippen molar-refractivity contribution < 1.29 is 27.8 Å². The minimum Gasteiger partial charge on any atom is -0.480 e. The van der Waals surface area contributed by atoms with Gasteiger partial charge in [0.15, 0.2) is 0 Å². The van der Waals surface area contributed by atoms with Crippen LogP contribution in [0.25, 0.3) is 0 Å². The summed E-state index contributed by atoms with van der Waals surface area (Å²) >= 11 is 0. The number of nitrogens with one attached hydrogen (secondary N) is 1. The third-order valence-corrected chi connectivity index (χ3v) is 5.27. The molecular weight excluding hydrogens is 385 g/mol. The van der Waals surface area contributed by atoms with E-state index < -0.39 is 17.9 Å². The van der Waals surface area contributed by atoms with Crippen LogP contribution in [0.2, 0.25) is 0 Å². The maximum Gasteiger partial charge on any atom is 0.573 e. The zero-order valence-electron chi connectivity index (χ0n) is 15.9. The lowest BCUT2D eigenvalue weighted by molar-refractivity contribution is -0.274. The predicted molar refractivity (Wildman–Crippen MR) is 102 cm³/mol. The molecule has 0 spiro atoms. The largest absolute Gasteiger partial charge is 0.573 e. The van der Waals surface area contributed by atoms with Gasteiger partial charge in [-0.15, -0.1) is 13.2 Å².